The van der Waals surface area contributed by atoms with Crippen LogP contribution in [-0.2, 0) is 6.61 Å². The quantitative estimate of drug-likeness (QED) is 0.363. The molecule has 3 aromatic rings. The van der Waals surface area contributed by atoms with Crippen molar-refractivity contribution in [3.8, 4) is 5.75 Å². The first-order valence-corrected chi connectivity index (χ1v) is 11.5. The number of hydrogen-bond acceptors (Lipinski definition) is 7. The standard InChI is InChI=1S/C26H32N6O/c1-29-26-31-16-23(25(32-26)30-15-18-7-11-21(27)12-8-18)24(28)20-9-13-22(14-10-20)33-17-19-5-3-2-4-6-19/h2-6,9-10,13-14,16,18,21,28H,7-8,11-12,15,17,27H2,1H3,(H2,29,30,31,32). The highest BCUT2D eigenvalue weighted by molar-refractivity contribution is 6.13. The van der Waals surface area contributed by atoms with Gasteiger partial charge in [-0.2, -0.15) is 4.98 Å². The van der Waals surface area contributed by atoms with Crippen LogP contribution >= 0.6 is 0 Å². The van der Waals surface area contributed by atoms with Gasteiger partial charge in [-0.15, -0.1) is 0 Å². The van der Waals surface area contributed by atoms with Gasteiger partial charge in [0, 0.05) is 31.4 Å². The van der Waals surface area contributed by atoms with Crippen molar-refractivity contribution in [1.29, 1.82) is 5.41 Å². The van der Waals surface area contributed by atoms with E-state index in [2.05, 4.69) is 20.6 Å². The van der Waals surface area contributed by atoms with Crippen molar-refractivity contribution in [2.75, 3.05) is 24.2 Å². The van der Waals surface area contributed by atoms with Crippen LogP contribution in [0.25, 0.3) is 0 Å². The lowest BCUT2D eigenvalue weighted by Gasteiger charge is -2.26. The van der Waals surface area contributed by atoms with E-state index in [-0.39, 0.29) is 0 Å². The minimum atomic E-state index is 0.333. The second-order valence-electron chi connectivity index (χ2n) is 8.54. The molecule has 0 unspecified atom stereocenters. The van der Waals surface area contributed by atoms with Gasteiger partial charge in [0.05, 0.1) is 11.3 Å². The first-order chi connectivity index (χ1) is 16.1. The molecule has 0 atom stereocenters. The number of ether oxygens (including phenoxy) is 1. The monoisotopic (exact) mass is 444 g/mol. The summed E-state index contributed by atoms with van der Waals surface area (Å²) in [5, 5.41) is 15.3. The number of nitrogens with one attached hydrogen (secondary N) is 3. The van der Waals surface area contributed by atoms with Gasteiger partial charge >= 0.3 is 0 Å². The zero-order valence-electron chi connectivity index (χ0n) is 19.1. The maximum atomic E-state index is 8.80. The predicted octanol–water partition coefficient (Wildman–Crippen LogP) is 4.44. The van der Waals surface area contributed by atoms with Crippen LogP contribution in [0.1, 0.15) is 42.4 Å². The molecule has 1 fully saturated rings. The lowest BCUT2D eigenvalue weighted by Crippen LogP contribution is -2.29. The van der Waals surface area contributed by atoms with Crippen molar-refractivity contribution in [3.05, 3.63) is 77.5 Å². The Morgan fingerprint density at radius 2 is 1.79 bits per heavy atom. The molecule has 4 rings (SSSR count). The summed E-state index contributed by atoms with van der Waals surface area (Å²) in [5.41, 5.74) is 9.00. The van der Waals surface area contributed by atoms with Crippen molar-refractivity contribution in [1.82, 2.24) is 9.97 Å². The van der Waals surface area contributed by atoms with E-state index in [1.54, 1.807) is 13.2 Å². The highest BCUT2D eigenvalue weighted by atomic mass is 16.5. The van der Waals surface area contributed by atoms with E-state index in [0.29, 0.717) is 41.6 Å². The highest BCUT2D eigenvalue weighted by Gasteiger charge is 2.20. The third-order valence-corrected chi connectivity index (χ3v) is 6.12. The molecular formula is C26H32N6O. The fourth-order valence-corrected chi connectivity index (χ4v) is 4.07. The van der Waals surface area contributed by atoms with Crippen LogP contribution in [0, 0.1) is 11.3 Å². The third-order valence-electron chi connectivity index (χ3n) is 6.12. The largest absolute Gasteiger partial charge is 0.489 e. The summed E-state index contributed by atoms with van der Waals surface area (Å²) >= 11 is 0. The van der Waals surface area contributed by atoms with E-state index < -0.39 is 0 Å². The van der Waals surface area contributed by atoms with Crippen LogP contribution in [0.5, 0.6) is 5.75 Å². The van der Waals surface area contributed by atoms with E-state index in [9.17, 15) is 0 Å². The molecule has 1 aliphatic rings. The van der Waals surface area contributed by atoms with Gasteiger partial charge in [0.1, 0.15) is 18.2 Å². The molecule has 2 aromatic carbocycles. The number of nitrogens with two attached hydrogens (primary N) is 1. The van der Waals surface area contributed by atoms with Crippen molar-refractivity contribution in [2.24, 2.45) is 11.7 Å². The lowest BCUT2D eigenvalue weighted by atomic mass is 9.86. The van der Waals surface area contributed by atoms with Gasteiger partial charge in [-0.05, 0) is 61.4 Å². The Balaban J connectivity index is 1.44. The first kappa shape index (κ1) is 22.7. The van der Waals surface area contributed by atoms with E-state index in [1.165, 1.54) is 0 Å². The summed E-state index contributed by atoms with van der Waals surface area (Å²) in [5.74, 6) is 2.55. The molecule has 7 heteroatoms. The van der Waals surface area contributed by atoms with Gasteiger partial charge in [-0.25, -0.2) is 4.98 Å². The van der Waals surface area contributed by atoms with Crippen molar-refractivity contribution >= 4 is 17.5 Å². The van der Waals surface area contributed by atoms with Crippen LogP contribution in [0.15, 0.2) is 60.8 Å². The Bertz CT molecular complexity index is 1050. The average Bonchev–Trinajstić information content (AvgIpc) is 2.87. The van der Waals surface area contributed by atoms with Crippen LogP contribution in [-0.4, -0.2) is 35.3 Å². The Hall–Kier alpha value is -3.45. The Kier molecular flexibility index (Phi) is 7.52. The molecule has 172 valence electrons. The molecule has 33 heavy (non-hydrogen) atoms. The predicted molar refractivity (Wildman–Crippen MR) is 133 cm³/mol. The summed E-state index contributed by atoms with van der Waals surface area (Å²) in [6.07, 6.45) is 6.09. The zero-order valence-corrected chi connectivity index (χ0v) is 19.1. The smallest absolute Gasteiger partial charge is 0.224 e. The second-order valence-corrected chi connectivity index (χ2v) is 8.54. The SMILES string of the molecule is CNc1ncc(C(=N)c2ccc(OCc3ccccc3)cc2)c(NCC2CCC(N)CC2)n1. The number of hydrogen-bond donors (Lipinski definition) is 4. The summed E-state index contributed by atoms with van der Waals surface area (Å²) in [6, 6.07) is 18.0. The number of aromatic nitrogens is 2. The fraction of sp³-hybridized carbons (Fsp3) is 0.346. The Morgan fingerprint density at radius 3 is 2.48 bits per heavy atom. The second kappa shape index (κ2) is 10.9. The van der Waals surface area contributed by atoms with Crippen LogP contribution in [0.2, 0.25) is 0 Å². The maximum Gasteiger partial charge on any atom is 0.224 e. The van der Waals surface area contributed by atoms with Gasteiger partial charge < -0.3 is 21.1 Å². The summed E-state index contributed by atoms with van der Waals surface area (Å²) < 4.78 is 5.88. The molecule has 1 saturated carbocycles. The van der Waals surface area contributed by atoms with Gasteiger partial charge in [0.2, 0.25) is 5.95 Å². The number of rotatable bonds is 9. The van der Waals surface area contributed by atoms with Gasteiger partial charge in [-0.3, -0.25) is 5.41 Å². The lowest BCUT2D eigenvalue weighted by molar-refractivity contribution is 0.306. The number of nitrogens with zero attached hydrogens (tertiary/aromatic N) is 2. The Labute approximate surface area is 195 Å². The minimum Gasteiger partial charge on any atom is -0.489 e. The molecule has 1 aromatic heterocycles. The van der Waals surface area contributed by atoms with Crippen LogP contribution < -0.4 is 21.1 Å². The Morgan fingerprint density at radius 1 is 1.06 bits per heavy atom. The molecule has 1 aliphatic carbocycles. The normalized spacial score (nSPS) is 17.9. The van der Waals surface area contributed by atoms with Gasteiger partial charge in [0.25, 0.3) is 0 Å². The van der Waals surface area contributed by atoms with Crippen LogP contribution in [0.3, 0.4) is 0 Å². The topological polar surface area (TPSA) is 109 Å². The van der Waals surface area contributed by atoms with E-state index in [1.807, 2.05) is 54.6 Å². The van der Waals surface area contributed by atoms with Gasteiger partial charge in [0.15, 0.2) is 0 Å². The number of benzene rings is 2. The van der Waals surface area contributed by atoms with Crippen molar-refractivity contribution in [2.45, 2.75) is 38.3 Å². The molecule has 0 spiro atoms. The van der Waals surface area contributed by atoms with Crippen molar-refractivity contribution < 1.29 is 4.74 Å². The summed E-state index contributed by atoms with van der Waals surface area (Å²) in [6.45, 7) is 1.33. The summed E-state index contributed by atoms with van der Waals surface area (Å²) in [7, 11) is 1.79. The first-order valence-electron chi connectivity index (χ1n) is 11.5. The molecule has 0 amide bonds. The third kappa shape index (κ3) is 6.08. The fourth-order valence-electron chi connectivity index (χ4n) is 4.07. The van der Waals surface area contributed by atoms with E-state index in [0.717, 1.165) is 49.1 Å². The molecule has 7 nitrogen and oxygen atoms in total. The maximum absolute atomic E-state index is 8.80. The number of anilines is 2. The minimum absolute atomic E-state index is 0.333. The summed E-state index contributed by atoms with van der Waals surface area (Å²) in [4.78, 5) is 8.94. The highest BCUT2D eigenvalue weighted by Crippen LogP contribution is 2.25. The molecule has 0 bridgehead atoms. The molecule has 0 saturated heterocycles. The van der Waals surface area contributed by atoms with E-state index >= 15 is 0 Å². The van der Waals surface area contributed by atoms with Crippen molar-refractivity contribution in [3.63, 3.8) is 0 Å². The van der Waals surface area contributed by atoms with Gasteiger partial charge in [-0.1, -0.05) is 30.3 Å². The molecule has 0 radical (unpaired) electrons. The average molecular weight is 445 g/mol. The molecule has 1 heterocycles. The zero-order chi connectivity index (χ0) is 23.0. The molecule has 5 N–H and O–H groups in total. The molecule has 0 aliphatic heterocycles. The van der Waals surface area contributed by atoms with E-state index in [4.69, 9.17) is 15.9 Å². The van der Waals surface area contributed by atoms with Crippen LogP contribution in [0.4, 0.5) is 11.8 Å². The molecular weight excluding hydrogens is 412 g/mol.